The molecule has 0 N–H and O–H groups in total. The Hall–Kier alpha value is -1.52. The molecule has 0 unspecified atom stereocenters. The van der Waals surface area contributed by atoms with E-state index in [2.05, 4.69) is 9.98 Å². The second kappa shape index (κ2) is 3.08. The van der Waals surface area contributed by atoms with E-state index in [0.29, 0.717) is 13.2 Å². The molecule has 0 aliphatic carbocycles. The van der Waals surface area contributed by atoms with Gasteiger partial charge in [0.05, 0.1) is 12.7 Å². The maximum absolute atomic E-state index is 13.0. The first kappa shape index (κ1) is 8.10. The van der Waals surface area contributed by atoms with Gasteiger partial charge in [-0.15, -0.1) is 0 Å². The summed E-state index contributed by atoms with van der Waals surface area (Å²) in [6.45, 7) is 0.918. The summed E-state index contributed by atoms with van der Waals surface area (Å²) in [5, 5.41) is 0. The third-order valence-electron chi connectivity index (χ3n) is 1.60. The summed E-state index contributed by atoms with van der Waals surface area (Å²) in [5.41, 5.74) is -0.0288. The first-order valence-electron chi connectivity index (χ1n) is 3.76. The normalized spacial score (nSPS) is 15.4. The Balaban J connectivity index is 2.40. The molecule has 0 atom stereocenters. The average Bonchev–Trinajstić information content (AvgIpc) is 2.56. The number of ether oxygens (including phenoxy) is 1. The Morgan fingerprint density at radius 2 is 2.23 bits per heavy atom. The molecular formula is C8H6F2N2O. The van der Waals surface area contributed by atoms with Crippen LogP contribution in [0.2, 0.25) is 0 Å². The van der Waals surface area contributed by atoms with E-state index in [1.807, 2.05) is 0 Å². The molecule has 13 heavy (non-hydrogen) atoms. The van der Waals surface area contributed by atoms with E-state index in [0.717, 1.165) is 12.3 Å². The van der Waals surface area contributed by atoms with Crippen molar-refractivity contribution in [3.63, 3.8) is 0 Å². The monoisotopic (exact) mass is 184 g/mol. The minimum Gasteiger partial charge on any atom is -0.474 e. The quantitative estimate of drug-likeness (QED) is 0.655. The summed E-state index contributed by atoms with van der Waals surface area (Å²) in [6, 6.07) is 0.756. The van der Waals surface area contributed by atoms with Crippen LogP contribution in [0.25, 0.3) is 0 Å². The lowest BCUT2D eigenvalue weighted by Crippen LogP contribution is -2.07. The van der Waals surface area contributed by atoms with Gasteiger partial charge in [0.2, 0.25) is 5.90 Å². The van der Waals surface area contributed by atoms with E-state index >= 15 is 0 Å². The molecule has 5 heteroatoms. The minimum atomic E-state index is -0.749. The molecule has 0 saturated carbocycles. The molecule has 0 radical (unpaired) electrons. The van der Waals surface area contributed by atoms with E-state index < -0.39 is 11.6 Å². The van der Waals surface area contributed by atoms with Gasteiger partial charge in [-0.1, -0.05) is 0 Å². The van der Waals surface area contributed by atoms with Crippen LogP contribution in [0.15, 0.2) is 17.3 Å². The standard InChI is InChI=1S/C8H6F2N2O/c9-5-3-6(10)7(12-4-5)8-11-1-2-13-8/h3-4H,1-2H2. The fourth-order valence-corrected chi connectivity index (χ4v) is 1.05. The molecule has 0 aromatic carbocycles. The number of pyridine rings is 1. The predicted molar refractivity (Wildman–Crippen MR) is 41.5 cm³/mol. The lowest BCUT2D eigenvalue weighted by atomic mass is 10.3. The summed E-state index contributed by atoms with van der Waals surface area (Å²) in [7, 11) is 0. The van der Waals surface area contributed by atoms with Crippen molar-refractivity contribution in [1.82, 2.24) is 4.98 Å². The average molecular weight is 184 g/mol. The van der Waals surface area contributed by atoms with Gasteiger partial charge < -0.3 is 4.74 Å². The van der Waals surface area contributed by atoms with Crippen LogP contribution in [0, 0.1) is 11.6 Å². The summed E-state index contributed by atoms with van der Waals surface area (Å²) in [6.07, 6.45) is 0.933. The second-order valence-electron chi connectivity index (χ2n) is 2.52. The van der Waals surface area contributed by atoms with Gasteiger partial charge in [0.25, 0.3) is 0 Å². The van der Waals surface area contributed by atoms with Crippen LogP contribution in [0.3, 0.4) is 0 Å². The third-order valence-corrected chi connectivity index (χ3v) is 1.60. The summed E-state index contributed by atoms with van der Waals surface area (Å²) in [5.74, 6) is -1.31. The van der Waals surface area contributed by atoms with E-state index in [1.54, 1.807) is 0 Å². The van der Waals surface area contributed by atoms with Crippen molar-refractivity contribution in [2.45, 2.75) is 0 Å². The van der Waals surface area contributed by atoms with Gasteiger partial charge in [0.15, 0.2) is 11.5 Å². The zero-order valence-electron chi connectivity index (χ0n) is 6.63. The Bertz CT molecular complexity index is 365. The SMILES string of the molecule is Fc1cnc(C2=NCCO2)c(F)c1. The second-order valence-corrected chi connectivity index (χ2v) is 2.52. The molecule has 2 heterocycles. The lowest BCUT2D eigenvalue weighted by Gasteiger charge is -2.01. The Morgan fingerprint density at radius 1 is 1.38 bits per heavy atom. The van der Waals surface area contributed by atoms with Crippen molar-refractivity contribution >= 4 is 5.90 Å². The third kappa shape index (κ3) is 1.49. The predicted octanol–water partition coefficient (Wildman–Crippen LogP) is 1.14. The molecule has 1 aliphatic rings. The van der Waals surface area contributed by atoms with Gasteiger partial charge in [-0.05, 0) is 0 Å². The number of nitrogens with zero attached hydrogens (tertiary/aromatic N) is 2. The lowest BCUT2D eigenvalue weighted by molar-refractivity contribution is 0.345. The van der Waals surface area contributed by atoms with Crippen molar-refractivity contribution < 1.29 is 13.5 Å². The topological polar surface area (TPSA) is 34.5 Å². The molecule has 1 aliphatic heterocycles. The number of aliphatic imine (C=N–C) groups is 1. The fraction of sp³-hybridized carbons (Fsp3) is 0.250. The molecule has 1 aromatic heterocycles. The first-order valence-corrected chi connectivity index (χ1v) is 3.76. The van der Waals surface area contributed by atoms with Crippen LogP contribution < -0.4 is 0 Å². The van der Waals surface area contributed by atoms with Gasteiger partial charge in [0.1, 0.15) is 12.4 Å². The van der Waals surface area contributed by atoms with Gasteiger partial charge in [-0.25, -0.2) is 18.8 Å². The van der Waals surface area contributed by atoms with E-state index in [9.17, 15) is 8.78 Å². The van der Waals surface area contributed by atoms with Crippen molar-refractivity contribution in [2.24, 2.45) is 4.99 Å². The summed E-state index contributed by atoms with van der Waals surface area (Å²) >= 11 is 0. The maximum Gasteiger partial charge on any atom is 0.238 e. The molecule has 68 valence electrons. The van der Waals surface area contributed by atoms with Crippen LogP contribution >= 0.6 is 0 Å². The van der Waals surface area contributed by atoms with Crippen LogP contribution in [-0.2, 0) is 4.74 Å². The highest BCUT2D eigenvalue weighted by Crippen LogP contribution is 2.10. The molecule has 0 spiro atoms. The molecule has 0 fully saturated rings. The van der Waals surface area contributed by atoms with Gasteiger partial charge in [-0.2, -0.15) is 0 Å². The van der Waals surface area contributed by atoms with Crippen molar-refractivity contribution in [1.29, 1.82) is 0 Å². The maximum atomic E-state index is 13.0. The number of aromatic nitrogens is 1. The zero-order valence-corrected chi connectivity index (χ0v) is 6.63. The molecule has 0 saturated heterocycles. The van der Waals surface area contributed by atoms with Gasteiger partial charge in [-0.3, -0.25) is 0 Å². The number of hydrogen-bond acceptors (Lipinski definition) is 3. The zero-order chi connectivity index (χ0) is 9.26. The van der Waals surface area contributed by atoms with Crippen LogP contribution in [-0.4, -0.2) is 24.0 Å². The van der Waals surface area contributed by atoms with Crippen molar-refractivity contribution in [3.05, 3.63) is 29.6 Å². The van der Waals surface area contributed by atoms with Crippen LogP contribution in [0.1, 0.15) is 5.69 Å². The largest absolute Gasteiger partial charge is 0.474 e. The van der Waals surface area contributed by atoms with Gasteiger partial charge >= 0.3 is 0 Å². The minimum absolute atomic E-state index is 0.0288. The smallest absolute Gasteiger partial charge is 0.238 e. The highest BCUT2D eigenvalue weighted by Gasteiger charge is 2.16. The van der Waals surface area contributed by atoms with Crippen molar-refractivity contribution in [2.75, 3.05) is 13.2 Å². The molecule has 2 rings (SSSR count). The summed E-state index contributed by atoms with van der Waals surface area (Å²) < 4.78 is 30.5. The molecule has 0 amide bonds. The number of halogens is 2. The first-order chi connectivity index (χ1) is 6.27. The van der Waals surface area contributed by atoms with E-state index in [1.165, 1.54) is 0 Å². The Kier molecular flexibility index (Phi) is 1.92. The van der Waals surface area contributed by atoms with E-state index in [-0.39, 0.29) is 11.6 Å². The summed E-state index contributed by atoms with van der Waals surface area (Å²) in [4.78, 5) is 7.42. The van der Waals surface area contributed by atoms with Crippen LogP contribution in [0.4, 0.5) is 8.78 Å². The molecule has 3 nitrogen and oxygen atoms in total. The molecular weight excluding hydrogens is 178 g/mol. The Morgan fingerprint density at radius 3 is 2.85 bits per heavy atom. The fourth-order valence-electron chi connectivity index (χ4n) is 1.05. The number of hydrogen-bond donors (Lipinski definition) is 0. The highest BCUT2D eigenvalue weighted by molar-refractivity contribution is 5.93. The molecule has 1 aromatic rings. The number of rotatable bonds is 1. The van der Waals surface area contributed by atoms with Gasteiger partial charge in [0, 0.05) is 6.07 Å². The van der Waals surface area contributed by atoms with Crippen molar-refractivity contribution in [3.8, 4) is 0 Å². The molecule has 0 bridgehead atoms. The Labute approximate surface area is 73.1 Å². The van der Waals surface area contributed by atoms with Crippen LogP contribution in [0.5, 0.6) is 0 Å². The van der Waals surface area contributed by atoms with E-state index in [4.69, 9.17) is 4.74 Å². The highest BCUT2D eigenvalue weighted by atomic mass is 19.1.